The summed E-state index contributed by atoms with van der Waals surface area (Å²) in [5, 5.41) is 13.1. The van der Waals surface area contributed by atoms with Gasteiger partial charge in [-0.1, -0.05) is 38.1 Å². The molecule has 0 saturated carbocycles. The number of primary amides is 1. The summed E-state index contributed by atoms with van der Waals surface area (Å²) in [7, 11) is 0. The number of aromatic nitrogens is 1. The number of hydrogen-bond donors (Lipinski definition) is 3. The molecular weight excluding hydrogens is 444 g/mol. The molecule has 0 spiro atoms. The highest BCUT2D eigenvalue weighted by Gasteiger charge is 2.43. The molecule has 9 nitrogen and oxygen atoms in total. The highest BCUT2D eigenvalue weighted by atomic mass is 32.1. The molecule has 2 heterocycles. The van der Waals surface area contributed by atoms with Crippen LogP contribution >= 0.6 is 11.3 Å². The van der Waals surface area contributed by atoms with Gasteiger partial charge in [-0.25, -0.2) is 9.78 Å². The van der Waals surface area contributed by atoms with Crippen LogP contribution in [-0.4, -0.2) is 57.7 Å². The van der Waals surface area contributed by atoms with Crippen LogP contribution in [0.1, 0.15) is 44.5 Å². The summed E-state index contributed by atoms with van der Waals surface area (Å²) in [6.45, 7) is 7.23. The topological polar surface area (TPSA) is 135 Å². The summed E-state index contributed by atoms with van der Waals surface area (Å²) in [5.74, 6) is -1.26. The summed E-state index contributed by atoms with van der Waals surface area (Å²) in [4.78, 5) is 43.9. The third kappa shape index (κ3) is 5.69. The van der Waals surface area contributed by atoms with E-state index in [9.17, 15) is 19.5 Å². The maximum absolute atomic E-state index is 13.0. The highest BCUT2D eigenvalue weighted by molar-refractivity contribution is 7.13. The zero-order valence-electron chi connectivity index (χ0n) is 19.1. The van der Waals surface area contributed by atoms with Crippen LogP contribution in [0.4, 0.5) is 4.79 Å². The van der Waals surface area contributed by atoms with Crippen molar-refractivity contribution >= 4 is 29.2 Å². The van der Waals surface area contributed by atoms with Gasteiger partial charge in [0.25, 0.3) is 5.91 Å². The van der Waals surface area contributed by atoms with Gasteiger partial charge < -0.3 is 25.8 Å². The molecule has 3 amide bonds. The maximum Gasteiger partial charge on any atom is 0.405 e. The molecule has 3 rings (SSSR count). The Morgan fingerprint density at radius 3 is 2.45 bits per heavy atom. The van der Waals surface area contributed by atoms with Crippen LogP contribution in [0, 0.1) is 12.8 Å². The molecule has 2 aromatic rings. The molecule has 4 atom stereocenters. The highest BCUT2D eigenvalue weighted by Crippen LogP contribution is 2.28. The lowest BCUT2D eigenvalue weighted by Gasteiger charge is -2.29. The third-order valence-electron chi connectivity index (χ3n) is 5.73. The van der Waals surface area contributed by atoms with Gasteiger partial charge >= 0.3 is 6.09 Å². The second-order valence-electron chi connectivity index (χ2n) is 8.62. The predicted octanol–water partition coefficient (Wildman–Crippen LogP) is 2.38. The van der Waals surface area contributed by atoms with Crippen molar-refractivity contribution in [2.24, 2.45) is 11.7 Å². The normalized spacial score (nSPS) is 19.9. The fraction of sp³-hybridized carbons (Fsp3) is 0.478. The summed E-state index contributed by atoms with van der Waals surface area (Å²) >= 11 is 1.57. The van der Waals surface area contributed by atoms with Crippen molar-refractivity contribution in [2.75, 3.05) is 6.54 Å². The molecule has 1 aliphatic heterocycles. The molecule has 33 heavy (non-hydrogen) atoms. The molecule has 0 radical (unpaired) electrons. The number of carbonyl (C=O) groups is 3. The second kappa shape index (κ2) is 10.3. The van der Waals surface area contributed by atoms with Crippen LogP contribution < -0.4 is 11.1 Å². The quantitative estimate of drug-likeness (QED) is 0.564. The number of rotatable bonds is 7. The van der Waals surface area contributed by atoms with Gasteiger partial charge in [0, 0.05) is 13.0 Å². The molecule has 10 heteroatoms. The Morgan fingerprint density at radius 2 is 1.91 bits per heavy atom. The first-order valence-corrected chi connectivity index (χ1v) is 11.7. The molecule has 1 aromatic heterocycles. The number of aliphatic hydroxyl groups excluding tert-OH is 1. The third-order valence-corrected chi connectivity index (χ3v) is 6.71. The lowest BCUT2D eigenvalue weighted by molar-refractivity contribution is -0.147. The molecule has 1 aromatic carbocycles. The SMILES string of the molecule is Cc1ncsc1-c1ccc([C@H](C)NC(=O)[C@@H]2C[C@@H](O)CN2C(=O)[C@@H](OC(N)=O)C(C)C)cc1. The molecule has 1 fully saturated rings. The maximum atomic E-state index is 13.0. The Bertz CT molecular complexity index is 1010. The van der Waals surface area contributed by atoms with Crippen molar-refractivity contribution in [3.63, 3.8) is 0 Å². The van der Waals surface area contributed by atoms with Crippen LogP contribution in [0.2, 0.25) is 0 Å². The van der Waals surface area contributed by atoms with Crippen LogP contribution in [0.25, 0.3) is 10.4 Å². The fourth-order valence-electron chi connectivity index (χ4n) is 3.96. The number of carbonyl (C=O) groups excluding carboxylic acids is 3. The molecule has 178 valence electrons. The van der Waals surface area contributed by atoms with E-state index in [1.165, 1.54) is 4.90 Å². The van der Waals surface area contributed by atoms with Gasteiger partial charge in [-0.3, -0.25) is 9.59 Å². The van der Waals surface area contributed by atoms with Gasteiger partial charge in [-0.2, -0.15) is 0 Å². The van der Waals surface area contributed by atoms with E-state index in [1.807, 2.05) is 43.6 Å². The lowest BCUT2D eigenvalue weighted by atomic mass is 10.0. The molecule has 0 aliphatic carbocycles. The number of benzene rings is 1. The Balaban J connectivity index is 1.70. The van der Waals surface area contributed by atoms with E-state index in [-0.39, 0.29) is 30.8 Å². The predicted molar refractivity (Wildman–Crippen MR) is 124 cm³/mol. The van der Waals surface area contributed by atoms with Crippen molar-refractivity contribution in [2.45, 2.75) is 58.4 Å². The smallest absolute Gasteiger partial charge is 0.405 e. The Morgan fingerprint density at radius 1 is 1.24 bits per heavy atom. The van der Waals surface area contributed by atoms with Gasteiger partial charge in [0.05, 0.1) is 28.2 Å². The van der Waals surface area contributed by atoms with Crippen molar-refractivity contribution in [3.05, 3.63) is 41.0 Å². The van der Waals surface area contributed by atoms with Gasteiger partial charge in [-0.05, 0) is 30.9 Å². The van der Waals surface area contributed by atoms with Crippen LogP contribution in [0.15, 0.2) is 29.8 Å². The lowest BCUT2D eigenvalue weighted by Crippen LogP contribution is -2.51. The molecule has 1 aliphatic rings. The van der Waals surface area contributed by atoms with Gasteiger partial charge in [0.2, 0.25) is 5.91 Å². The molecule has 1 saturated heterocycles. The number of likely N-dealkylation sites (tertiary alicyclic amines) is 1. The van der Waals surface area contributed by atoms with Crippen molar-refractivity contribution in [1.82, 2.24) is 15.2 Å². The van der Waals surface area contributed by atoms with Crippen LogP contribution in [0.5, 0.6) is 0 Å². The number of β-amino-alcohol motifs (C(OH)–C–C–N with tert-alkyl or cyclic N) is 1. The first kappa shape index (κ1) is 24.7. The summed E-state index contributed by atoms with van der Waals surface area (Å²) in [5.41, 5.74) is 9.85. The number of nitrogens with one attached hydrogen (secondary N) is 1. The standard InChI is InChI=1S/C23H30N4O5S/c1-12(2)19(32-23(24)31)22(30)27-10-17(28)9-18(27)21(29)26-13(3)15-5-7-16(8-6-15)20-14(4)25-11-33-20/h5-8,11-13,17-19,28H,9-10H2,1-4H3,(H2,24,31)(H,26,29)/t13-,17+,18-,19-/m0/s1. The molecule has 0 bridgehead atoms. The average Bonchev–Trinajstić information content (AvgIpc) is 3.36. The first-order valence-electron chi connectivity index (χ1n) is 10.8. The number of thiazole rings is 1. The minimum Gasteiger partial charge on any atom is -0.436 e. The Hall–Kier alpha value is -2.98. The number of aryl methyl sites for hydroxylation is 1. The zero-order valence-corrected chi connectivity index (χ0v) is 20.0. The molecular formula is C23H30N4O5S. The number of amides is 3. The van der Waals surface area contributed by atoms with E-state index in [0.717, 1.165) is 21.7 Å². The van der Waals surface area contributed by atoms with Gasteiger partial charge in [0.15, 0.2) is 6.10 Å². The van der Waals surface area contributed by atoms with E-state index in [2.05, 4.69) is 10.3 Å². The minimum atomic E-state index is -1.12. The number of nitrogens with zero attached hydrogens (tertiary/aromatic N) is 2. The largest absolute Gasteiger partial charge is 0.436 e. The van der Waals surface area contributed by atoms with Gasteiger partial charge in [0.1, 0.15) is 6.04 Å². The first-order chi connectivity index (χ1) is 15.6. The Labute approximate surface area is 196 Å². The number of hydrogen-bond acceptors (Lipinski definition) is 7. The summed E-state index contributed by atoms with van der Waals surface area (Å²) in [6, 6.07) is 6.69. The second-order valence-corrected chi connectivity index (χ2v) is 9.47. The molecule has 4 N–H and O–H groups in total. The number of nitrogens with two attached hydrogens (primary N) is 1. The Kier molecular flexibility index (Phi) is 7.70. The number of aliphatic hydroxyl groups is 1. The summed E-state index contributed by atoms with van der Waals surface area (Å²) in [6.07, 6.45) is -2.92. The van der Waals surface area contributed by atoms with Crippen LogP contribution in [0.3, 0.4) is 0 Å². The number of ether oxygens (including phenoxy) is 1. The monoisotopic (exact) mass is 474 g/mol. The summed E-state index contributed by atoms with van der Waals surface area (Å²) < 4.78 is 4.98. The zero-order chi connectivity index (χ0) is 24.3. The fourth-order valence-corrected chi connectivity index (χ4v) is 4.77. The van der Waals surface area contributed by atoms with E-state index in [1.54, 1.807) is 25.2 Å². The van der Waals surface area contributed by atoms with E-state index < -0.39 is 30.3 Å². The van der Waals surface area contributed by atoms with E-state index in [0.29, 0.717) is 0 Å². The van der Waals surface area contributed by atoms with Crippen molar-refractivity contribution in [3.8, 4) is 10.4 Å². The van der Waals surface area contributed by atoms with E-state index >= 15 is 0 Å². The van der Waals surface area contributed by atoms with Crippen molar-refractivity contribution < 1.29 is 24.2 Å². The minimum absolute atomic E-state index is 0.0143. The van der Waals surface area contributed by atoms with E-state index in [4.69, 9.17) is 10.5 Å². The van der Waals surface area contributed by atoms with Gasteiger partial charge in [-0.15, -0.1) is 11.3 Å². The van der Waals surface area contributed by atoms with Crippen molar-refractivity contribution in [1.29, 1.82) is 0 Å². The average molecular weight is 475 g/mol. The van der Waals surface area contributed by atoms with Crippen LogP contribution in [-0.2, 0) is 14.3 Å². The molecule has 0 unspecified atom stereocenters.